The first kappa shape index (κ1) is 11.8. The van der Waals surface area contributed by atoms with Gasteiger partial charge >= 0.3 is 5.97 Å². The minimum Gasteiger partial charge on any atom is -0.480 e. The molecule has 1 N–H and O–H groups in total. The number of hydrogen-bond donors (Lipinski definition) is 1. The van der Waals surface area contributed by atoms with Crippen LogP contribution >= 0.6 is 0 Å². The van der Waals surface area contributed by atoms with E-state index in [0.717, 1.165) is 12.8 Å². The lowest BCUT2D eigenvalue weighted by atomic mass is 9.76. The summed E-state index contributed by atoms with van der Waals surface area (Å²) >= 11 is 0. The molecule has 0 aromatic carbocycles. The number of tetrazole rings is 1. The van der Waals surface area contributed by atoms with Gasteiger partial charge in [0.2, 0.25) is 5.95 Å². The van der Waals surface area contributed by atoms with Crippen molar-refractivity contribution in [1.82, 2.24) is 20.2 Å². The van der Waals surface area contributed by atoms with E-state index >= 15 is 0 Å². The summed E-state index contributed by atoms with van der Waals surface area (Å²) in [6.07, 6.45) is 1.84. The summed E-state index contributed by atoms with van der Waals surface area (Å²) in [6.45, 7) is 4.62. The summed E-state index contributed by atoms with van der Waals surface area (Å²) in [7, 11) is 1.72. The molecular weight excluding hydrogens is 222 g/mol. The number of carbonyl (C=O) groups is 1. The molecule has 0 amide bonds. The van der Waals surface area contributed by atoms with E-state index < -0.39 is 12.0 Å². The van der Waals surface area contributed by atoms with Crippen molar-refractivity contribution in [2.45, 2.75) is 32.7 Å². The van der Waals surface area contributed by atoms with Crippen molar-refractivity contribution in [1.29, 1.82) is 0 Å². The van der Waals surface area contributed by atoms with E-state index in [1.165, 1.54) is 4.68 Å². The lowest BCUT2D eigenvalue weighted by molar-refractivity contribution is -0.142. The molecule has 1 aromatic heterocycles. The maximum absolute atomic E-state index is 11.5. The van der Waals surface area contributed by atoms with Crippen LogP contribution in [0, 0.1) is 5.41 Å². The van der Waals surface area contributed by atoms with Crippen LogP contribution in [0.15, 0.2) is 0 Å². The van der Waals surface area contributed by atoms with Gasteiger partial charge in [-0.3, -0.25) is 0 Å². The molecule has 17 heavy (non-hydrogen) atoms. The Morgan fingerprint density at radius 2 is 2.24 bits per heavy atom. The fraction of sp³-hybridized carbons (Fsp3) is 0.800. The molecule has 1 aliphatic heterocycles. The second kappa shape index (κ2) is 3.97. The van der Waals surface area contributed by atoms with Gasteiger partial charge in [0, 0.05) is 13.6 Å². The third-order valence-electron chi connectivity index (χ3n) is 3.36. The van der Waals surface area contributed by atoms with Gasteiger partial charge in [-0.05, 0) is 28.7 Å². The number of carboxylic acids is 1. The molecule has 1 saturated heterocycles. The third kappa shape index (κ3) is 1.96. The predicted molar refractivity (Wildman–Crippen MR) is 60.6 cm³/mol. The number of aromatic nitrogens is 4. The number of aliphatic carboxylic acids is 1. The van der Waals surface area contributed by atoms with Crippen LogP contribution in [0.3, 0.4) is 0 Å². The highest BCUT2D eigenvalue weighted by Crippen LogP contribution is 2.36. The van der Waals surface area contributed by atoms with Gasteiger partial charge in [-0.15, -0.1) is 0 Å². The number of aryl methyl sites for hydroxylation is 1. The van der Waals surface area contributed by atoms with Gasteiger partial charge in [-0.2, -0.15) is 0 Å². The van der Waals surface area contributed by atoms with Crippen LogP contribution < -0.4 is 4.90 Å². The van der Waals surface area contributed by atoms with Crippen molar-refractivity contribution < 1.29 is 9.90 Å². The average molecular weight is 239 g/mol. The largest absolute Gasteiger partial charge is 0.480 e. The van der Waals surface area contributed by atoms with E-state index in [1.54, 1.807) is 11.9 Å². The van der Waals surface area contributed by atoms with Gasteiger partial charge in [0.25, 0.3) is 0 Å². The highest BCUT2D eigenvalue weighted by Gasteiger charge is 2.44. The highest BCUT2D eigenvalue weighted by atomic mass is 16.4. The van der Waals surface area contributed by atoms with Crippen LogP contribution in [0.1, 0.15) is 26.7 Å². The standard InChI is InChI=1S/C10H17N5O2/c1-10(2)5-4-6-15(7(10)8(16)17)9-11-12-13-14(9)3/h7H,4-6H2,1-3H3,(H,16,17). The Hall–Kier alpha value is -1.66. The van der Waals surface area contributed by atoms with E-state index in [0.29, 0.717) is 12.5 Å². The van der Waals surface area contributed by atoms with Gasteiger partial charge in [-0.1, -0.05) is 18.9 Å². The van der Waals surface area contributed by atoms with E-state index in [1.807, 2.05) is 13.8 Å². The molecule has 2 rings (SSSR count). The SMILES string of the molecule is Cn1nnnc1N1CCCC(C)(C)C1C(=O)O. The Balaban J connectivity index is 2.38. The summed E-state index contributed by atoms with van der Waals surface area (Å²) in [4.78, 5) is 13.3. The van der Waals surface area contributed by atoms with Gasteiger partial charge in [0.15, 0.2) is 0 Å². The van der Waals surface area contributed by atoms with Crippen molar-refractivity contribution >= 4 is 11.9 Å². The first-order chi connectivity index (χ1) is 7.93. The van der Waals surface area contributed by atoms with Crippen LogP contribution in [-0.4, -0.2) is 43.9 Å². The van der Waals surface area contributed by atoms with Crippen molar-refractivity contribution in [3.8, 4) is 0 Å². The Labute approximate surface area is 99.4 Å². The molecule has 1 atom stereocenters. The smallest absolute Gasteiger partial charge is 0.326 e. The Bertz CT molecular complexity index is 428. The lowest BCUT2D eigenvalue weighted by Gasteiger charge is -2.43. The van der Waals surface area contributed by atoms with Crippen LogP contribution in [0.25, 0.3) is 0 Å². The molecule has 0 bridgehead atoms. The Morgan fingerprint density at radius 1 is 1.53 bits per heavy atom. The van der Waals surface area contributed by atoms with Crippen molar-refractivity contribution in [3.05, 3.63) is 0 Å². The zero-order valence-electron chi connectivity index (χ0n) is 10.3. The number of anilines is 1. The summed E-state index contributed by atoms with van der Waals surface area (Å²) in [6, 6.07) is -0.582. The van der Waals surface area contributed by atoms with Gasteiger partial charge in [-0.25, -0.2) is 9.48 Å². The molecule has 1 aliphatic rings. The van der Waals surface area contributed by atoms with Crippen molar-refractivity contribution in [2.24, 2.45) is 12.5 Å². The number of nitrogens with zero attached hydrogens (tertiary/aromatic N) is 5. The normalized spacial score (nSPS) is 23.7. The fourth-order valence-electron chi connectivity index (χ4n) is 2.54. The first-order valence-corrected chi connectivity index (χ1v) is 5.65. The topological polar surface area (TPSA) is 84.1 Å². The Morgan fingerprint density at radius 3 is 2.76 bits per heavy atom. The molecule has 0 saturated carbocycles. The molecule has 94 valence electrons. The number of rotatable bonds is 2. The minimum atomic E-state index is -0.822. The maximum Gasteiger partial charge on any atom is 0.326 e. The minimum absolute atomic E-state index is 0.282. The van der Waals surface area contributed by atoms with E-state index in [4.69, 9.17) is 0 Å². The van der Waals surface area contributed by atoms with Crippen LogP contribution in [-0.2, 0) is 11.8 Å². The zero-order chi connectivity index (χ0) is 12.6. The van der Waals surface area contributed by atoms with Crippen LogP contribution in [0.4, 0.5) is 5.95 Å². The third-order valence-corrected chi connectivity index (χ3v) is 3.36. The molecule has 1 fully saturated rings. The lowest BCUT2D eigenvalue weighted by Crippen LogP contribution is -2.55. The molecule has 1 aromatic rings. The van der Waals surface area contributed by atoms with Crippen molar-refractivity contribution in [3.63, 3.8) is 0 Å². The predicted octanol–water partition coefficient (Wildman–Crippen LogP) is 0.290. The van der Waals surface area contributed by atoms with Gasteiger partial charge < -0.3 is 10.0 Å². The molecule has 1 unspecified atom stereocenters. The molecular formula is C10H17N5O2. The van der Waals surface area contributed by atoms with Crippen LogP contribution in [0.2, 0.25) is 0 Å². The van der Waals surface area contributed by atoms with Crippen molar-refractivity contribution in [2.75, 3.05) is 11.4 Å². The maximum atomic E-state index is 11.5. The monoisotopic (exact) mass is 239 g/mol. The number of piperidine rings is 1. The highest BCUT2D eigenvalue weighted by molar-refractivity contribution is 5.78. The first-order valence-electron chi connectivity index (χ1n) is 5.65. The molecule has 7 nitrogen and oxygen atoms in total. The molecule has 0 radical (unpaired) electrons. The fourth-order valence-corrected chi connectivity index (χ4v) is 2.54. The molecule has 7 heteroatoms. The molecule has 0 aliphatic carbocycles. The molecule has 2 heterocycles. The van der Waals surface area contributed by atoms with E-state index in [9.17, 15) is 9.90 Å². The summed E-state index contributed by atoms with van der Waals surface area (Å²) in [5, 5.41) is 20.6. The average Bonchev–Trinajstić information content (AvgIpc) is 2.61. The number of hydrogen-bond acceptors (Lipinski definition) is 5. The Kier molecular flexibility index (Phi) is 2.76. The van der Waals surface area contributed by atoms with E-state index in [-0.39, 0.29) is 5.41 Å². The van der Waals surface area contributed by atoms with Crippen LogP contribution in [0.5, 0.6) is 0 Å². The summed E-state index contributed by atoms with van der Waals surface area (Å²) in [5.41, 5.74) is -0.282. The van der Waals surface area contributed by atoms with Gasteiger partial charge in [0.1, 0.15) is 6.04 Å². The summed E-state index contributed by atoms with van der Waals surface area (Å²) in [5.74, 6) is -0.303. The summed E-state index contributed by atoms with van der Waals surface area (Å²) < 4.78 is 1.51. The second-order valence-electron chi connectivity index (χ2n) is 5.13. The zero-order valence-corrected chi connectivity index (χ0v) is 10.3. The second-order valence-corrected chi connectivity index (χ2v) is 5.13. The quantitative estimate of drug-likeness (QED) is 0.798. The van der Waals surface area contributed by atoms with E-state index in [2.05, 4.69) is 15.5 Å². The number of carboxylic acid groups (broad SMARTS) is 1. The van der Waals surface area contributed by atoms with Gasteiger partial charge in [0.05, 0.1) is 0 Å². The molecule has 0 spiro atoms.